The summed E-state index contributed by atoms with van der Waals surface area (Å²) >= 11 is 6.08. The molecule has 26 heavy (non-hydrogen) atoms. The van der Waals surface area contributed by atoms with Crippen LogP contribution < -0.4 is 5.32 Å². The summed E-state index contributed by atoms with van der Waals surface area (Å²) in [4.78, 5) is 23.7. The zero-order valence-electron chi connectivity index (χ0n) is 13.9. The molecular formula is C19H16ClN3O3. The van der Waals surface area contributed by atoms with Gasteiger partial charge in [0.1, 0.15) is 0 Å². The Balaban J connectivity index is 1.87. The molecule has 0 aliphatic rings. The standard InChI is InChI=1S/C19H16ClN3O3/c1-23-11-15(10-21-23)13-6-14(19(25)26)8-16(7-13)22-18(24)9-12-4-2-3-5-17(12)20/h2-8,10-11H,9H2,1H3,(H,22,24)(H,25,26). The average molecular weight is 370 g/mol. The van der Waals surface area contributed by atoms with Gasteiger partial charge in [0.25, 0.3) is 0 Å². The highest BCUT2D eigenvalue weighted by Crippen LogP contribution is 2.25. The van der Waals surface area contributed by atoms with E-state index < -0.39 is 5.97 Å². The lowest BCUT2D eigenvalue weighted by Gasteiger charge is -2.09. The second-order valence-corrected chi connectivity index (χ2v) is 6.23. The van der Waals surface area contributed by atoms with E-state index in [9.17, 15) is 14.7 Å². The van der Waals surface area contributed by atoms with Crippen LogP contribution in [0.1, 0.15) is 15.9 Å². The zero-order chi connectivity index (χ0) is 18.7. The molecule has 0 fully saturated rings. The highest BCUT2D eigenvalue weighted by molar-refractivity contribution is 6.31. The molecule has 2 aromatic carbocycles. The lowest BCUT2D eigenvalue weighted by Crippen LogP contribution is -2.15. The van der Waals surface area contributed by atoms with E-state index in [2.05, 4.69) is 10.4 Å². The molecule has 0 radical (unpaired) electrons. The van der Waals surface area contributed by atoms with E-state index >= 15 is 0 Å². The summed E-state index contributed by atoms with van der Waals surface area (Å²) in [5.74, 6) is -1.35. The number of carboxylic acid groups (broad SMARTS) is 1. The number of hydrogen-bond acceptors (Lipinski definition) is 3. The number of nitrogens with one attached hydrogen (secondary N) is 1. The van der Waals surface area contributed by atoms with Gasteiger partial charge in [0.05, 0.1) is 18.2 Å². The first-order valence-electron chi connectivity index (χ1n) is 7.83. The van der Waals surface area contributed by atoms with Crippen LogP contribution in [-0.2, 0) is 18.3 Å². The molecule has 7 heteroatoms. The Hall–Kier alpha value is -3.12. The molecule has 1 amide bonds. The number of rotatable bonds is 5. The minimum atomic E-state index is -1.07. The minimum Gasteiger partial charge on any atom is -0.478 e. The third-order valence-corrected chi connectivity index (χ3v) is 4.18. The first-order chi connectivity index (χ1) is 12.4. The molecule has 6 nitrogen and oxygen atoms in total. The summed E-state index contributed by atoms with van der Waals surface area (Å²) in [6.07, 6.45) is 3.51. The van der Waals surface area contributed by atoms with Crippen LogP contribution in [0.15, 0.2) is 54.9 Å². The highest BCUT2D eigenvalue weighted by atomic mass is 35.5. The second kappa shape index (κ2) is 7.41. The van der Waals surface area contributed by atoms with Crippen LogP contribution in [0, 0.1) is 0 Å². The Morgan fingerprint density at radius 2 is 1.96 bits per heavy atom. The summed E-state index contributed by atoms with van der Waals surface area (Å²) in [6, 6.07) is 11.8. The maximum atomic E-state index is 12.3. The first-order valence-corrected chi connectivity index (χ1v) is 8.21. The van der Waals surface area contributed by atoms with Crippen LogP contribution in [0.4, 0.5) is 5.69 Å². The van der Waals surface area contributed by atoms with Gasteiger partial charge in [-0.1, -0.05) is 29.8 Å². The Bertz CT molecular complexity index is 982. The number of amides is 1. The van der Waals surface area contributed by atoms with Crippen molar-refractivity contribution in [2.24, 2.45) is 7.05 Å². The number of aromatic nitrogens is 2. The predicted octanol–water partition coefficient (Wildman–Crippen LogP) is 3.62. The Labute approximate surface area is 155 Å². The van der Waals surface area contributed by atoms with Crippen molar-refractivity contribution in [2.75, 3.05) is 5.32 Å². The van der Waals surface area contributed by atoms with Crippen LogP contribution >= 0.6 is 11.6 Å². The fourth-order valence-corrected chi connectivity index (χ4v) is 2.78. The SMILES string of the molecule is Cn1cc(-c2cc(NC(=O)Cc3ccccc3Cl)cc(C(=O)O)c2)cn1. The fourth-order valence-electron chi connectivity index (χ4n) is 2.58. The Morgan fingerprint density at radius 1 is 1.19 bits per heavy atom. The molecular weight excluding hydrogens is 354 g/mol. The van der Waals surface area contributed by atoms with Crippen molar-refractivity contribution in [1.82, 2.24) is 9.78 Å². The van der Waals surface area contributed by atoms with Crippen molar-refractivity contribution in [1.29, 1.82) is 0 Å². The minimum absolute atomic E-state index is 0.0828. The lowest BCUT2D eigenvalue weighted by molar-refractivity contribution is -0.115. The molecule has 0 aliphatic heterocycles. The van der Waals surface area contributed by atoms with E-state index in [1.807, 2.05) is 0 Å². The van der Waals surface area contributed by atoms with Gasteiger partial charge < -0.3 is 10.4 Å². The predicted molar refractivity (Wildman–Crippen MR) is 99.4 cm³/mol. The molecule has 0 saturated heterocycles. The molecule has 0 saturated carbocycles. The Kier molecular flexibility index (Phi) is 5.04. The second-order valence-electron chi connectivity index (χ2n) is 5.82. The van der Waals surface area contributed by atoms with Crippen molar-refractivity contribution >= 4 is 29.2 Å². The van der Waals surface area contributed by atoms with E-state index in [-0.39, 0.29) is 17.9 Å². The Morgan fingerprint density at radius 3 is 2.62 bits per heavy atom. The van der Waals surface area contributed by atoms with Gasteiger partial charge in [-0.2, -0.15) is 5.10 Å². The van der Waals surface area contributed by atoms with Gasteiger partial charge in [-0.3, -0.25) is 9.48 Å². The van der Waals surface area contributed by atoms with E-state index in [0.29, 0.717) is 21.8 Å². The van der Waals surface area contributed by atoms with E-state index in [1.165, 1.54) is 6.07 Å². The summed E-state index contributed by atoms with van der Waals surface area (Å²) < 4.78 is 1.62. The van der Waals surface area contributed by atoms with Gasteiger partial charge in [0, 0.05) is 29.5 Å². The van der Waals surface area contributed by atoms with Crippen molar-refractivity contribution in [3.63, 3.8) is 0 Å². The normalized spacial score (nSPS) is 10.5. The van der Waals surface area contributed by atoms with Gasteiger partial charge in [-0.05, 0) is 35.4 Å². The van der Waals surface area contributed by atoms with Crippen LogP contribution in [-0.4, -0.2) is 26.8 Å². The number of aryl methyl sites for hydroxylation is 1. The third-order valence-electron chi connectivity index (χ3n) is 3.81. The molecule has 0 aliphatic carbocycles. The number of carbonyl (C=O) groups excluding carboxylic acids is 1. The summed E-state index contributed by atoms with van der Waals surface area (Å²) in [5, 5.41) is 16.7. The number of nitrogens with zero attached hydrogens (tertiary/aromatic N) is 2. The number of carbonyl (C=O) groups is 2. The van der Waals surface area contributed by atoms with Gasteiger partial charge in [0.15, 0.2) is 0 Å². The maximum Gasteiger partial charge on any atom is 0.335 e. The molecule has 3 aromatic rings. The number of benzene rings is 2. The van der Waals surface area contributed by atoms with Gasteiger partial charge in [-0.15, -0.1) is 0 Å². The number of anilines is 1. The summed E-state index contributed by atoms with van der Waals surface area (Å²) in [6.45, 7) is 0. The maximum absolute atomic E-state index is 12.3. The quantitative estimate of drug-likeness (QED) is 0.719. The van der Waals surface area contributed by atoms with E-state index in [1.54, 1.807) is 60.5 Å². The lowest BCUT2D eigenvalue weighted by atomic mass is 10.0. The number of halogens is 1. The average Bonchev–Trinajstić information content (AvgIpc) is 3.03. The smallest absolute Gasteiger partial charge is 0.335 e. The van der Waals surface area contributed by atoms with Gasteiger partial charge >= 0.3 is 5.97 Å². The summed E-state index contributed by atoms with van der Waals surface area (Å²) in [7, 11) is 1.77. The molecule has 2 N–H and O–H groups in total. The van der Waals surface area contributed by atoms with Crippen molar-refractivity contribution in [2.45, 2.75) is 6.42 Å². The van der Waals surface area contributed by atoms with Crippen LogP contribution in [0.25, 0.3) is 11.1 Å². The number of hydrogen-bond donors (Lipinski definition) is 2. The fraction of sp³-hybridized carbons (Fsp3) is 0.105. The van der Waals surface area contributed by atoms with Crippen LogP contribution in [0.5, 0.6) is 0 Å². The molecule has 0 bridgehead atoms. The number of aromatic carboxylic acids is 1. The van der Waals surface area contributed by atoms with E-state index in [0.717, 1.165) is 5.56 Å². The number of carboxylic acids is 1. The van der Waals surface area contributed by atoms with Crippen LogP contribution in [0.2, 0.25) is 5.02 Å². The van der Waals surface area contributed by atoms with Gasteiger partial charge in [0.2, 0.25) is 5.91 Å². The van der Waals surface area contributed by atoms with Crippen molar-refractivity contribution in [3.8, 4) is 11.1 Å². The van der Waals surface area contributed by atoms with Crippen molar-refractivity contribution in [3.05, 3.63) is 71.0 Å². The third kappa shape index (κ3) is 4.10. The molecule has 132 valence electrons. The monoisotopic (exact) mass is 369 g/mol. The van der Waals surface area contributed by atoms with Crippen LogP contribution in [0.3, 0.4) is 0 Å². The highest BCUT2D eigenvalue weighted by Gasteiger charge is 2.12. The largest absolute Gasteiger partial charge is 0.478 e. The molecule has 3 rings (SSSR count). The molecule has 0 atom stereocenters. The van der Waals surface area contributed by atoms with Crippen molar-refractivity contribution < 1.29 is 14.7 Å². The molecule has 1 heterocycles. The summed E-state index contributed by atoms with van der Waals surface area (Å²) in [5.41, 5.74) is 2.61. The zero-order valence-corrected chi connectivity index (χ0v) is 14.7. The van der Waals surface area contributed by atoms with E-state index in [4.69, 9.17) is 11.6 Å². The van der Waals surface area contributed by atoms with Gasteiger partial charge in [-0.25, -0.2) is 4.79 Å². The molecule has 1 aromatic heterocycles. The molecule has 0 spiro atoms. The topological polar surface area (TPSA) is 84.2 Å². The first kappa shape index (κ1) is 17.7. The molecule has 0 unspecified atom stereocenters.